The maximum Gasteiger partial charge on any atom is 0.274 e. The first-order chi connectivity index (χ1) is 12.4. The first-order valence-corrected chi connectivity index (χ1v) is 9.61. The first kappa shape index (κ1) is 18.1. The summed E-state index contributed by atoms with van der Waals surface area (Å²) in [6.45, 7) is 3.69. The molecule has 3 rings (SSSR count). The number of nitrogens with one attached hydrogen (secondary N) is 2. The lowest BCUT2D eigenvalue weighted by Crippen LogP contribution is -2.23. The number of sulfonamides is 1. The highest BCUT2D eigenvalue weighted by molar-refractivity contribution is 7.89. The maximum atomic E-state index is 12.4. The van der Waals surface area contributed by atoms with Crippen molar-refractivity contribution in [2.45, 2.75) is 31.9 Å². The summed E-state index contributed by atoms with van der Waals surface area (Å²) in [6, 6.07) is 9.97. The van der Waals surface area contributed by atoms with E-state index in [4.69, 9.17) is 4.42 Å². The van der Waals surface area contributed by atoms with E-state index in [1.807, 2.05) is 6.92 Å². The molecule has 0 atom stereocenters. The molecule has 0 saturated carbocycles. The molecule has 136 valence electrons. The van der Waals surface area contributed by atoms with Crippen LogP contribution >= 0.6 is 0 Å². The number of H-pyrrole nitrogens is 1. The number of furan rings is 1. The topological polar surface area (TPSA) is 105 Å². The Kier molecular flexibility index (Phi) is 5.06. The molecular formula is C18H19N3O4S. The second-order valence-electron chi connectivity index (χ2n) is 5.78. The Morgan fingerprint density at radius 3 is 2.73 bits per heavy atom. The monoisotopic (exact) mass is 373 g/mol. The van der Waals surface area contributed by atoms with Crippen molar-refractivity contribution in [1.29, 1.82) is 0 Å². The minimum absolute atomic E-state index is 0.0663. The Balaban J connectivity index is 1.86. The average Bonchev–Trinajstić information content (AvgIpc) is 3.12. The lowest BCUT2D eigenvalue weighted by molar-refractivity contribution is 0.455. The van der Waals surface area contributed by atoms with E-state index in [0.29, 0.717) is 34.7 Å². The predicted octanol–water partition coefficient (Wildman–Crippen LogP) is 2.38. The van der Waals surface area contributed by atoms with E-state index in [0.717, 1.165) is 0 Å². The summed E-state index contributed by atoms with van der Waals surface area (Å²) < 4.78 is 32.9. The van der Waals surface area contributed by atoms with Crippen LogP contribution in [0.3, 0.4) is 0 Å². The Morgan fingerprint density at radius 1 is 1.23 bits per heavy atom. The summed E-state index contributed by atoms with van der Waals surface area (Å²) >= 11 is 0. The summed E-state index contributed by atoms with van der Waals surface area (Å²) in [5.41, 5.74) is 2.34. The minimum Gasteiger partial charge on any atom is -0.443 e. The molecule has 0 bridgehead atoms. The normalized spacial score (nSPS) is 11.6. The van der Waals surface area contributed by atoms with Crippen LogP contribution in [0.25, 0.3) is 11.3 Å². The van der Waals surface area contributed by atoms with Crippen LogP contribution in [0.5, 0.6) is 0 Å². The van der Waals surface area contributed by atoms with Gasteiger partial charge in [-0.05, 0) is 43.7 Å². The van der Waals surface area contributed by atoms with Gasteiger partial charge >= 0.3 is 0 Å². The fourth-order valence-corrected chi connectivity index (χ4v) is 3.46. The number of rotatable bonds is 6. The minimum atomic E-state index is -3.81. The van der Waals surface area contributed by atoms with Gasteiger partial charge in [0.05, 0.1) is 12.2 Å². The van der Waals surface area contributed by atoms with Gasteiger partial charge in [-0.25, -0.2) is 13.1 Å². The number of aromatic nitrogens is 2. The van der Waals surface area contributed by atoms with E-state index in [1.54, 1.807) is 43.5 Å². The van der Waals surface area contributed by atoms with E-state index >= 15 is 0 Å². The SMILES string of the molecule is CCc1cc(-c2ccc(S(=O)(=O)NCc3ccccn3)o2)c(C)[nH]c1=O. The van der Waals surface area contributed by atoms with Crippen molar-refractivity contribution in [2.75, 3.05) is 0 Å². The molecule has 3 aromatic rings. The van der Waals surface area contributed by atoms with Gasteiger partial charge in [-0.3, -0.25) is 9.78 Å². The van der Waals surface area contributed by atoms with Crippen LogP contribution in [0.15, 0.2) is 56.9 Å². The van der Waals surface area contributed by atoms with Gasteiger partial charge < -0.3 is 9.40 Å². The fraction of sp³-hybridized carbons (Fsp3) is 0.222. The highest BCUT2D eigenvalue weighted by Gasteiger charge is 2.20. The largest absolute Gasteiger partial charge is 0.443 e. The van der Waals surface area contributed by atoms with E-state index in [2.05, 4.69) is 14.7 Å². The lowest BCUT2D eigenvalue weighted by Gasteiger charge is -2.06. The predicted molar refractivity (Wildman–Crippen MR) is 97.1 cm³/mol. The van der Waals surface area contributed by atoms with Gasteiger partial charge in [-0.15, -0.1) is 0 Å². The molecule has 0 saturated heterocycles. The van der Waals surface area contributed by atoms with Crippen molar-refractivity contribution in [2.24, 2.45) is 0 Å². The van der Waals surface area contributed by atoms with E-state index in [-0.39, 0.29) is 17.2 Å². The van der Waals surface area contributed by atoms with Crippen molar-refractivity contribution < 1.29 is 12.8 Å². The van der Waals surface area contributed by atoms with Crippen molar-refractivity contribution in [3.05, 3.63) is 69.9 Å². The molecule has 0 spiro atoms. The molecule has 0 unspecified atom stereocenters. The molecule has 0 aliphatic carbocycles. The van der Waals surface area contributed by atoms with Crippen molar-refractivity contribution in [3.63, 3.8) is 0 Å². The molecule has 7 nitrogen and oxygen atoms in total. The Morgan fingerprint density at radius 2 is 2.04 bits per heavy atom. The molecule has 0 fully saturated rings. The molecular weight excluding hydrogens is 354 g/mol. The summed E-state index contributed by atoms with van der Waals surface area (Å²) in [7, 11) is -3.81. The molecule has 0 aromatic carbocycles. The van der Waals surface area contributed by atoms with E-state index in [9.17, 15) is 13.2 Å². The summed E-state index contributed by atoms with van der Waals surface area (Å²) in [5, 5.41) is -0.188. The summed E-state index contributed by atoms with van der Waals surface area (Å²) in [4.78, 5) is 18.7. The molecule has 0 radical (unpaired) electrons. The van der Waals surface area contributed by atoms with Crippen LogP contribution in [0.1, 0.15) is 23.9 Å². The van der Waals surface area contributed by atoms with Crippen molar-refractivity contribution in [3.8, 4) is 11.3 Å². The van der Waals surface area contributed by atoms with Gasteiger partial charge in [0.1, 0.15) is 5.76 Å². The summed E-state index contributed by atoms with van der Waals surface area (Å²) in [5.74, 6) is 0.381. The standard InChI is InChI=1S/C18H19N3O4S/c1-3-13-10-15(12(2)21-18(13)22)16-7-8-17(25-16)26(23,24)20-11-14-6-4-5-9-19-14/h4-10,20H,3,11H2,1-2H3,(H,21,22). The smallest absolute Gasteiger partial charge is 0.274 e. The molecule has 3 aromatic heterocycles. The highest BCUT2D eigenvalue weighted by Crippen LogP contribution is 2.26. The number of pyridine rings is 2. The molecule has 0 aliphatic rings. The first-order valence-electron chi connectivity index (χ1n) is 8.13. The average molecular weight is 373 g/mol. The van der Waals surface area contributed by atoms with Gasteiger partial charge in [-0.2, -0.15) is 0 Å². The Labute approximate surface area is 151 Å². The van der Waals surface area contributed by atoms with Gasteiger partial charge in [0, 0.05) is 23.0 Å². The number of hydrogen-bond acceptors (Lipinski definition) is 5. The van der Waals surface area contributed by atoms with Gasteiger partial charge in [-0.1, -0.05) is 13.0 Å². The van der Waals surface area contributed by atoms with E-state index < -0.39 is 10.0 Å². The van der Waals surface area contributed by atoms with Crippen molar-refractivity contribution >= 4 is 10.0 Å². The molecule has 3 heterocycles. The molecule has 0 amide bonds. The van der Waals surface area contributed by atoms with Crippen LogP contribution in [0.4, 0.5) is 0 Å². The van der Waals surface area contributed by atoms with Gasteiger partial charge in [0.15, 0.2) is 0 Å². The van der Waals surface area contributed by atoms with E-state index in [1.165, 1.54) is 6.07 Å². The number of hydrogen-bond donors (Lipinski definition) is 2. The summed E-state index contributed by atoms with van der Waals surface area (Å²) in [6.07, 6.45) is 2.17. The molecule has 0 aliphatic heterocycles. The third-order valence-electron chi connectivity index (χ3n) is 3.98. The molecule has 2 N–H and O–H groups in total. The zero-order chi connectivity index (χ0) is 18.7. The zero-order valence-corrected chi connectivity index (χ0v) is 15.3. The van der Waals surface area contributed by atoms with Crippen molar-refractivity contribution in [1.82, 2.24) is 14.7 Å². The van der Waals surface area contributed by atoms with Gasteiger partial charge in [0.25, 0.3) is 15.6 Å². The second kappa shape index (κ2) is 7.27. The van der Waals surface area contributed by atoms with Crippen LogP contribution in [-0.4, -0.2) is 18.4 Å². The van der Waals surface area contributed by atoms with Crippen LogP contribution in [0.2, 0.25) is 0 Å². The second-order valence-corrected chi connectivity index (χ2v) is 7.48. The third-order valence-corrected chi connectivity index (χ3v) is 5.25. The van der Waals surface area contributed by atoms with Crippen LogP contribution in [-0.2, 0) is 23.0 Å². The Hall–Kier alpha value is -2.71. The fourth-order valence-electron chi connectivity index (χ4n) is 2.54. The van der Waals surface area contributed by atoms with Gasteiger partial charge in [0.2, 0.25) is 5.09 Å². The molecule has 8 heteroatoms. The number of aromatic amines is 1. The van der Waals surface area contributed by atoms with Crippen LogP contribution < -0.4 is 10.3 Å². The van der Waals surface area contributed by atoms with Crippen LogP contribution in [0, 0.1) is 6.92 Å². The Bertz CT molecular complexity index is 1070. The zero-order valence-electron chi connectivity index (χ0n) is 14.4. The molecule has 26 heavy (non-hydrogen) atoms. The lowest BCUT2D eigenvalue weighted by atomic mass is 10.1. The highest BCUT2D eigenvalue weighted by atomic mass is 32.2. The third kappa shape index (κ3) is 3.76. The number of aryl methyl sites for hydroxylation is 2. The quantitative estimate of drug-likeness (QED) is 0.690. The number of nitrogens with zero attached hydrogens (tertiary/aromatic N) is 1. The maximum absolute atomic E-state index is 12.4.